The van der Waals surface area contributed by atoms with E-state index in [0.717, 1.165) is 16.9 Å². The highest BCUT2D eigenvalue weighted by Gasteiger charge is 1.99. The smallest absolute Gasteiger partial charge is 0.119 e. The second-order valence-electron chi connectivity index (χ2n) is 6.91. The first-order valence-electron chi connectivity index (χ1n) is 10.1. The van der Waals surface area contributed by atoms with Crippen LogP contribution < -0.4 is 4.74 Å². The van der Waals surface area contributed by atoms with Crippen molar-refractivity contribution in [3.8, 4) is 17.6 Å². The third kappa shape index (κ3) is 5.63. The highest BCUT2D eigenvalue weighted by Crippen LogP contribution is 2.19. The monoisotopic (exact) mass is 356 g/mol. The molecule has 3 aromatic rings. The molecule has 0 spiro atoms. The number of benzene rings is 3. The number of rotatable bonds is 7. The molecule has 0 amide bonds. The van der Waals surface area contributed by atoms with E-state index in [2.05, 4.69) is 55.2 Å². The molecule has 138 valence electrons. The van der Waals surface area contributed by atoms with Crippen LogP contribution in [0.2, 0.25) is 0 Å². The number of unbranched alkanes of at least 4 members (excludes halogenated alkanes) is 3. The van der Waals surface area contributed by atoms with Gasteiger partial charge < -0.3 is 4.74 Å². The highest BCUT2D eigenvalue weighted by molar-refractivity contribution is 5.84. The summed E-state index contributed by atoms with van der Waals surface area (Å²) >= 11 is 0. The van der Waals surface area contributed by atoms with E-state index < -0.39 is 0 Å². The van der Waals surface area contributed by atoms with Gasteiger partial charge in [0.05, 0.1) is 6.61 Å². The summed E-state index contributed by atoms with van der Waals surface area (Å²) in [5.74, 6) is 7.41. The second-order valence-corrected chi connectivity index (χ2v) is 6.91. The Hall–Kier alpha value is -2.72. The van der Waals surface area contributed by atoms with E-state index in [4.69, 9.17) is 4.74 Å². The fraction of sp³-hybridized carbons (Fsp3) is 0.308. The zero-order valence-corrected chi connectivity index (χ0v) is 16.4. The summed E-state index contributed by atoms with van der Waals surface area (Å²) in [4.78, 5) is 0. The molecule has 0 saturated carbocycles. The highest BCUT2D eigenvalue weighted by atomic mass is 16.5. The predicted molar refractivity (Wildman–Crippen MR) is 115 cm³/mol. The molecule has 0 fully saturated rings. The Morgan fingerprint density at radius 1 is 0.704 bits per heavy atom. The first-order valence-corrected chi connectivity index (χ1v) is 10.1. The Morgan fingerprint density at radius 3 is 2.19 bits per heavy atom. The molecular weight excluding hydrogens is 328 g/mol. The molecule has 0 N–H and O–H groups in total. The maximum atomic E-state index is 5.47. The van der Waals surface area contributed by atoms with Gasteiger partial charge in [0.15, 0.2) is 0 Å². The maximum Gasteiger partial charge on any atom is 0.119 e. The molecule has 0 aliphatic heterocycles. The average molecular weight is 357 g/mol. The van der Waals surface area contributed by atoms with Gasteiger partial charge in [0.25, 0.3) is 0 Å². The molecule has 1 heteroatoms. The van der Waals surface area contributed by atoms with E-state index in [9.17, 15) is 0 Å². The average Bonchev–Trinajstić information content (AvgIpc) is 2.71. The van der Waals surface area contributed by atoms with Crippen molar-refractivity contribution >= 4 is 10.8 Å². The Balaban J connectivity index is 1.69. The lowest BCUT2D eigenvalue weighted by molar-refractivity contribution is 0.340. The number of fused-ring (bicyclic) bond motifs is 1. The lowest BCUT2D eigenvalue weighted by Crippen LogP contribution is -1.90. The van der Waals surface area contributed by atoms with Crippen LogP contribution in [0.4, 0.5) is 0 Å². The molecule has 0 unspecified atom stereocenters. The van der Waals surface area contributed by atoms with Gasteiger partial charge in [-0.3, -0.25) is 0 Å². The summed E-state index contributed by atoms with van der Waals surface area (Å²) in [7, 11) is 0. The van der Waals surface area contributed by atoms with Crippen molar-refractivity contribution in [2.45, 2.75) is 46.0 Å². The van der Waals surface area contributed by atoms with Gasteiger partial charge in [0.1, 0.15) is 5.75 Å². The zero-order valence-electron chi connectivity index (χ0n) is 16.4. The van der Waals surface area contributed by atoms with E-state index in [1.807, 2.05) is 31.2 Å². The minimum absolute atomic E-state index is 0.683. The first-order chi connectivity index (χ1) is 13.3. The molecule has 0 heterocycles. The van der Waals surface area contributed by atoms with Crippen molar-refractivity contribution in [2.75, 3.05) is 6.61 Å². The summed E-state index contributed by atoms with van der Waals surface area (Å²) in [6, 6.07) is 21.2. The molecular formula is C26H28O. The van der Waals surface area contributed by atoms with E-state index in [0.29, 0.717) is 6.61 Å². The van der Waals surface area contributed by atoms with Crippen molar-refractivity contribution in [3.05, 3.63) is 77.4 Å². The van der Waals surface area contributed by atoms with Crippen LogP contribution in [0.5, 0.6) is 5.75 Å². The van der Waals surface area contributed by atoms with Crippen LogP contribution in [-0.2, 0) is 6.42 Å². The third-order valence-electron chi connectivity index (χ3n) is 4.74. The SMILES string of the molecule is CCCCCCc1ccc2cc(C#Cc3ccc(OCC)cc3)ccc2c1. The largest absolute Gasteiger partial charge is 0.494 e. The minimum Gasteiger partial charge on any atom is -0.494 e. The zero-order chi connectivity index (χ0) is 18.9. The second kappa shape index (κ2) is 9.83. The van der Waals surface area contributed by atoms with Crippen molar-refractivity contribution in [1.82, 2.24) is 0 Å². The molecule has 3 rings (SSSR count). The topological polar surface area (TPSA) is 9.23 Å². The lowest BCUT2D eigenvalue weighted by Gasteiger charge is -2.04. The number of ether oxygens (including phenoxy) is 1. The van der Waals surface area contributed by atoms with Crippen LogP contribution in [0.3, 0.4) is 0 Å². The minimum atomic E-state index is 0.683. The Morgan fingerprint density at radius 2 is 1.41 bits per heavy atom. The van der Waals surface area contributed by atoms with Gasteiger partial charge in [-0.2, -0.15) is 0 Å². The van der Waals surface area contributed by atoms with Crippen molar-refractivity contribution in [3.63, 3.8) is 0 Å². The molecule has 0 aliphatic carbocycles. The molecule has 1 nitrogen and oxygen atoms in total. The Kier molecular flexibility index (Phi) is 6.94. The van der Waals surface area contributed by atoms with Crippen LogP contribution in [0, 0.1) is 11.8 Å². The first kappa shape index (κ1) is 19.1. The quantitative estimate of drug-likeness (QED) is 0.335. The van der Waals surface area contributed by atoms with Crippen LogP contribution in [0.25, 0.3) is 10.8 Å². The molecule has 27 heavy (non-hydrogen) atoms. The van der Waals surface area contributed by atoms with Crippen molar-refractivity contribution in [2.24, 2.45) is 0 Å². The van der Waals surface area contributed by atoms with Crippen molar-refractivity contribution < 1.29 is 4.74 Å². The van der Waals surface area contributed by atoms with Crippen LogP contribution in [0.1, 0.15) is 56.2 Å². The van der Waals surface area contributed by atoms with Gasteiger partial charge in [-0.25, -0.2) is 0 Å². The predicted octanol–water partition coefficient (Wildman–Crippen LogP) is 6.76. The van der Waals surface area contributed by atoms with Crippen LogP contribution in [-0.4, -0.2) is 6.61 Å². The summed E-state index contributed by atoms with van der Waals surface area (Å²) in [6.45, 7) is 4.93. The molecule has 0 aromatic heterocycles. The van der Waals surface area contributed by atoms with Gasteiger partial charge in [0.2, 0.25) is 0 Å². The number of hydrogen-bond acceptors (Lipinski definition) is 1. The lowest BCUT2D eigenvalue weighted by atomic mass is 10.0. The van der Waals surface area contributed by atoms with Crippen LogP contribution >= 0.6 is 0 Å². The van der Waals surface area contributed by atoms with Gasteiger partial charge >= 0.3 is 0 Å². The van der Waals surface area contributed by atoms with Crippen LogP contribution in [0.15, 0.2) is 60.7 Å². The molecule has 3 aromatic carbocycles. The normalized spacial score (nSPS) is 10.4. The third-order valence-corrected chi connectivity index (χ3v) is 4.74. The molecule has 0 aliphatic rings. The Bertz CT molecular complexity index is 926. The summed E-state index contributed by atoms with van der Waals surface area (Å²) in [5, 5.41) is 2.56. The summed E-state index contributed by atoms with van der Waals surface area (Å²) in [5.41, 5.74) is 3.49. The van der Waals surface area contributed by atoms with Gasteiger partial charge in [-0.15, -0.1) is 0 Å². The molecule has 0 atom stereocenters. The van der Waals surface area contributed by atoms with Crippen molar-refractivity contribution in [1.29, 1.82) is 0 Å². The van der Waals surface area contributed by atoms with Gasteiger partial charge in [0, 0.05) is 11.1 Å². The summed E-state index contributed by atoms with van der Waals surface area (Å²) < 4.78 is 5.47. The Labute approximate surface area is 163 Å². The fourth-order valence-electron chi connectivity index (χ4n) is 3.23. The van der Waals surface area contributed by atoms with Gasteiger partial charge in [-0.1, -0.05) is 62.3 Å². The van der Waals surface area contributed by atoms with Gasteiger partial charge in [-0.05, 0) is 72.5 Å². The van der Waals surface area contributed by atoms with E-state index >= 15 is 0 Å². The summed E-state index contributed by atoms with van der Waals surface area (Å²) in [6.07, 6.45) is 6.41. The van der Waals surface area contributed by atoms with E-state index in [1.54, 1.807) is 0 Å². The fourth-order valence-corrected chi connectivity index (χ4v) is 3.23. The number of hydrogen-bond donors (Lipinski definition) is 0. The maximum absolute atomic E-state index is 5.47. The van der Waals surface area contributed by atoms with E-state index in [-0.39, 0.29) is 0 Å². The molecule has 0 saturated heterocycles. The molecule has 0 radical (unpaired) electrons. The number of aryl methyl sites for hydroxylation is 1. The van der Waals surface area contributed by atoms with E-state index in [1.165, 1.54) is 48.4 Å². The molecule has 0 bridgehead atoms. The standard InChI is InChI=1S/C26H28O/c1-3-5-6-7-8-22-11-15-25-20-23(12-16-24(25)19-22)10-9-21-13-17-26(18-14-21)27-4-2/h11-20H,3-8H2,1-2H3.